The molecule has 0 aliphatic heterocycles. The van der Waals surface area contributed by atoms with Crippen molar-refractivity contribution in [2.75, 3.05) is 17.7 Å². The number of hydrogen-bond acceptors (Lipinski definition) is 4. The highest BCUT2D eigenvalue weighted by molar-refractivity contribution is 9.10. The average Bonchev–Trinajstić information content (AvgIpc) is 2.31. The summed E-state index contributed by atoms with van der Waals surface area (Å²) in [6, 6.07) is 0.504. The third-order valence-corrected chi connectivity index (χ3v) is 4.32. The monoisotopic (exact) mass is 312 g/mol. The van der Waals surface area contributed by atoms with Crippen LogP contribution in [0, 0.1) is 5.41 Å². The van der Waals surface area contributed by atoms with Gasteiger partial charge in [0.1, 0.15) is 22.4 Å². The molecule has 0 radical (unpaired) electrons. The number of anilines is 2. The number of nitrogens with one attached hydrogen (secondary N) is 2. The molecule has 1 unspecified atom stereocenters. The van der Waals surface area contributed by atoms with Gasteiger partial charge < -0.3 is 10.6 Å². The summed E-state index contributed by atoms with van der Waals surface area (Å²) in [5, 5.41) is 6.59. The van der Waals surface area contributed by atoms with Gasteiger partial charge in [-0.05, 0) is 40.6 Å². The van der Waals surface area contributed by atoms with E-state index in [1.165, 1.54) is 25.7 Å². The van der Waals surface area contributed by atoms with E-state index in [2.05, 4.69) is 50.4 Å². The molecule has 100 valence electrons. The second kappa shape index (κ2) is 5.43. The van der Waals surface area contributed by atoms with E-state index >= 15 is 0 Å². The van der Waals surface area contributed by atoms with Crippen molar-refractivity contribution in [2.45, 2.75) is 45.6 Å². The van der Waals surface area contributed by atoms with E-state index in [1.54, 1.807) is 6.33 Å². The zero-order chi connectivity index (χ0) is 13.2. The minimum Gasteiger partial charge on any atom is -0.372 e. The summed E-state index contributed by atoms with van der Waals surface area (Å²) in [7, 11) is 1.86. The number of aromatic nitrogens is 2. The average molecular weight is 313 g/mol. The highest BCUT2D eigenvalue weighted by Crippen LogP contribution is 2.37. The maximum atomic E-state index is 4.32. The molecule has 0 bridgehead atoms. The summed E-state index contributed by atoms with van der Waals surface area (Å²) >= 11 is 3.55. The largest absolute Gasteiger partial charge is 0.372 e. The van der Waals surface area contributed by atoms with Gasteiger partial charge in [0.2, 0.25) is 0 Å². The molecule has 2 rings (SSSR count). The Morgan fingerprint density at radius 1 is 1.33 bits per heavy atom. The molecule has 1 aromatic heterocycles. The Hall–Kier alpha value is -0.840. The molecule has 0 saturated heterocycles. The van der Waals surface area contributed by atoms with Crippen molar-refractivity contribution in [2.24, 2.45) is 5.41 Å². The predicted molar refractivity (Wildman–Crippen MR) is 78.9 cm³/mol. The first-order valence-corrected chi connectivity index (χ1v) is 7.26. The smallest absolute Gasteiger partial charge is 0.146 e. The molecule has 1 aliphatic rings. The van der Waals surface area contributed by atoms with E-state index in [-0.39, 0.29) is 0 Å². The lowest BCUT2D eigenvalue weighted by atomic mass is 9.75. The van der Waals surface area contributed by atoms with Gasteiger partial charge >= 0.3 is 0 Å². The van der Waals surface area contributed by atoms with E-state index in [4.69, 9.17) is 0 Å². The van der Waals surface area contributed by atoms with Crippen molar-refractivity contribution < 1.29 is 0 Å². The number of hydrogen-bond donors (Lipinski definition) is 2. The number of halogens is 1. The first-order chi connectivity index (χ1) is 8.52. The van der Waals surface area contributed by atoms with Gasteiger partial charge in [-0.1, -0.05) is 20.3 Å². The van der Waals surface area contributed by atoms with Crippen LogP contribution in [0.5, 0.6) is 0 Å². The molecule has 2 N–H and O–H groups in total. The van der Waals surface area contributed by atoms with Crippen LogP contribution in [0.25, 0.3) is 0 Å². The second-order valence-corrected chi connectivity index (χ2v) is 6.53. The highest BCUT2D eigenvalue weighted by Gasteiger charge is 2.28. The Balaban J connectivity index is 2.09. The molecule has 1 aromatic rings. The highest BCUT2D eigenvalue weighted by atomic mass is 79.9. The van der Waals surface area contributed by atoms with Gasteiger partial charge in [0.25, 0.3) is 0 Å². The maximum absolute atomic E-state index is 4.32. The van der Waals surface area contributed by atoms with E-state index in [0.717, 1.165) is 16.1 Å². The molecule has 18 heavy (non-hydrogen) atoms. The van der Waals surface area contributed by atoms with Crippen LogP contribution < -0.4 is 10.6 Å². The van der Waals surface area contributed by atoms with Gasteiger partial charge in [0.15, 0.2) is 0 Å². The summed E-state index contributed by atoms with van der Waals surface area (Å²) < 4.78 is 0.913. The van der Waals surface area contributed by atoms with Crippen molar-refractivity contribution in [1.29, 1.82) is 0 Å². The topological polar surface area (TPSA) is 49.8 Å². The fraction of sp³-hybridized carbons (Fsp3) is 0.692. The molecule has 1 atom stereocenters. The van der Waals surface area contributed by atoms with E-state index in [1.807, 2.05) is 7.05 Å². The second-order valence-electron chi connectivity index (χ2n) is 5.74. The fourth-order valence-corrected chi connectivity index (χ4v) is 3.18. The quantitative estimate of drug-likeness (QED) is 0.894. The normalized spacial score (nSPS) is 22.6. The Bertz CT molecular complexity index is 419. The van der Waals surface area contributed by atoms with Gasteiger partial charge in [0, 0.05) is 13.1 Å². The summed E-state index contributed by atoms with van der Waals surface area (Å²) in [6.07, 6.45) is 6.60. The molecule has 4 nitrogen and oxygen atoms in total. The van der Waals surface area contributed by atoms with Crippen LogP contribution in [-0.2, 0) is 0 Å². The lowest BCUT2D eigenvalue weighted by Crippen LogP contribution is -2.32. The minimum absolute atomic E-state index is 0.432. The van der Waals surface area contributed by atoms with E-state index in [0.29, 0.717) is 11.5 Å². The molecule has 1 fully saturated rings. The lowest BCUT2D eigenvalue weighted by Gasteiger charge is -2.35. The van der Waals surface area contributed by atoms with Gasteiger partial charge in [0.05, 0.1) is 0 Å². The molecule has 1 aliphatic carbocycles. The fourth-order valence-electron chi connectivity index (χ4n) is 2.66. The molecule has 0 spiro atoms. The Morgan fingerprint density at radius 3 is 2.72 bits per heavy atom. The van der Waals surface area contributed by atoms with Gasteiger partial charge in [-0.15, -0.1) is 0 Å². The molecular weight excluding hydrogens is 292 g/mol. The van der Waals surface area contributed by atoms with Crippen molar-refractivity contribution in [3.8, 4) is 0 Å². The minimum atomic E-state index is 0.432. The van der Waals surface area contributed by atoms with Crippen LogP contribution in [0.4, 0.5) is 11.6 Å². The molecule has 5 heteroatoms. The summed E-state index contributed by atoms with van der Waals surface area (Å²) in [5.41, 5.74) is 0.432. The Kier molecular flexibility index (Phi) is 4.10. The zero-order valence-corrected chi connectivity index (χ0v) is 12.8. The lowest BCUT2D eigenvalue weighted by molar-refractivity contribution is 0.229. The molecular formula is C13H21BrN4. The van der Waals surface area contributed by atoms with Crippen LogP contribution in [0.3, 0.4) is 0 Å². The Morgan fingerprint density at radius 2 is 2.06 bits per heavy atom. The van der Waals surface area contributed by atoms with Gasteiger partial charge in [-0.3, -0.25) is 0 Å². The third kappa shape index (κ3) is 3.13. The van der Waals surface area contributed by atoms with Crippen molar-refractivity contribution in [3.05, 3.63) is 10.8 Å². The van der Waals surface area contributed by atoms with Crippen LogP contribution in [0.1, 0.15) is 39.5 Å². The number of nitrogens with zero attached hydrogens (tertiary/aromatic N) is 2. The summed E-state index contributed by atoms with van der Waals surface area (Å²) in [5.74, 6) is 1.71. The van der Waals surface area contributed by atoms with Crippen LogP contribution in [-0.4, -0.2) is 23.1 Å². The summed E-state index contributed by atoms with van der Waals surface area (Å²) in [6.45, 7) is 4.68. The molecule has 1 heterocycles. The summed E-state index contributed by atoms with van der Waals surface area (Å²) in [4.78, 5) is 8.49. The zero-order valence-electron chi connectivity index (χ0n) is 11.3. The van der Waals surface area contributed by atoms with Crippen molar-refractivity contribution in [1.82, 2.24) is 9.97 Å². The standard InChI is InChI=1S/C13H21BrN4/c1-13(2)6-4-5-9(7-13)18-12-10(14)11(15-3)16-8-17-12/h8-9H,4-7H2,1-3H3,(H2,15,16,17,18). The van der Waals surface area contributed by atoms with Gasteiger partial charge in [-0.2, -0.15) is 0 Å². The number of rotatable bonds is 3. The molecule has 0 amide bonds. The maximum Gasteiger partial charge on any atom is 0.146 e. The molecule has 1 saturated carbocycles. The van der Waals surface area contributed by atoms with E-state index < -0.39 is 0 Å². The first-order valence-electron chi connectivity index (χ1n) is 6.46. The van der Waals surface area contributed by atoms with Crippen LogP contribution in [0.2, 0.25) is 0 Å². The van der Waals surface area contributed by atoms with Gasteiger partial charge in [-0.25, -0.2) is 9.97 Å². The molecule has 0 aromatic carbocycles. The SMILES string of the molecule is CNc1ncnc(NC2CCCC(C)(C)C2)c1Br. The van der Waals surface area contributed by atoms with Crippen molar-refractivity contribution >= 4 is 27.6 Å². The van der Waals surface area contributed by atoms with Crippen LogP contribution in [0.15, 0.2) is 10.8 Å². The predicted octanol–water partition coefficient (Wildman–Crippen LogP) is 3.66. The third-order valence-electron chi connectivity index (χ3n) is 3.57. The first kappa shape index (κ1) is 13.6. The Labute approximate surface area is 117 Å². The van der Waals surface area contributed by atoms with Crippen LogP contribution >= 0.6 is 15.9 Å². The van der Waals surface area contributed by atoms with E-state index in [9.17, 15) is 0 Å². The van der Waals surface area contributed by atoms with Crippen molar-refractivity contribution in [3.63, 3.8) is 0 Å².